The molecule has 6 heteroatoms. The summed E-state index contributed by atoms with van der Waals surface area (Å²) in [6, 6.07) is 4.91. The van der Waals surface area contributed by atoms with E-state index in [4.69, 9.17) is 14.2 Å². The molecule has 4 saturated carbocycles. The number of nitrogens with one attached hydrogen (secondary N) is 1. The second-order valence-corrected chi connectivity index (χ2v) is 9.22. The van der Waals surface area contributed by atoms with Crippen LogP contribution in [-0.4, -0.2) is 38.7 Å². The molecular formula is C23H31NO5. The van der Waals surface area contributed by atoms with Gasteiger partial charge in [-0.05, 0) is 86.8 Å². The molecule has 5 rings (SSSR count). The van der Waals surface area contributed by atoms with E-state index in [1.807, 2.05) is 0 Å². The maximum atomic E-state index is 12.5. The van der Waals surface area contributed by atoms with Crippen molar-refractivity contribution >= 4 is 11.9 Å². The average Bonchev–Trinajstić information content (AvgIpc) is 2.70. The lowest BCUT2D eigenvalue weighted by Crippen LogP contribution is -2.56. The van der Waals surface area contributed by atoms with Crippen LogP contribution in [0.15, 0.2) is 18.2 Å². The van der Waals surface area contributed by atoms with Gasteiger partial charge in [-0.1, -0.05) is 0 Å². The first-order valence-electron chi connectivity index (χ1n) is 10.6. The first-order valence-corrected chi connectivity index (χ1v) is 10.6. The van der Waals surface area contributed by atoms with Crippen molar-refractivity contribution in [2.24, 2.45) is 23.2 Å². The summed E-state index contributed by atoms with van der Waals surface area (Å²) in [5.41, 5.74) is 0.558. The molecule has 4 aliphatic rings. The SMILES string of the molecule is COc1ccc(C(=O)OCC(=O)N[C@H](C)C23CC4CC(CC(C4)C2)C3)cc1OC. The maximum Gasteiger partial charge on any atom is 0.338 e. The number of hydrogen-bond acceptors (Lipinski definition) is 5. The van der Waals surface area contributed by atoms with Crippen LogP contribution in [0.1, 0.15) is 55.8 Å². The van der Waals surface area contributed by atoms with Gasteiger partial charge in [0.25, 0.3) is 5.91 Å². The minimum Gasteiger partial charge on any atom is -0.493 e. The quantitative estimate of drug-likeness (QED) is 0.707. The van der Waals surface area contributed by atoms with Gasteiger partial charge in [0.1, 0.15) is 0 Å². The number of amides is 1. The Hall–Kier alpha value is -2.24. The largest absolute Gasteiger partial charge is 0.493 e. The first kappa shape index (κ1) is 20.0. The Morgan fingerprint density at radius 1 is 1.03 bits per heavy atom. The Labute approximate surface area is 172 Å². The predicted octanol–water partition coefficient (Wildman–Crippen LogP) is 3.58. The topological polar surface area (TPSA) is 73.9 Å². The molecule has 4 fully saturated rings. The van der Waals surface area contributed by atoms with Crippen molar-refractivity contribution in [1.82, 2.24) is 5.32 Å². The number of methoxy groups -OCH3 is 2. The molecule has 29 heavy (non-hydrogen) atoms. The van der Waals surface area contributed by atoms with Crippen molar-refractivity contribution < 1.29 is 23.8 Å². The summed E-state index contributed by atoms with van der Waals surface area (Å²) in [4.78, 5) is 24.8. The van der Waals surface area contributed by atoms with E-state index in [9.17, 15) is 9.59 Å². The van der Waals surface area contributed by atoms with Crippen LogP contribution in [0.3, 0.4) is 0 Å². The van der Waals surface area contributed by atoms with E-state index in [-0.39, 0.29) is 24.0 Å². The van der Waals surface area contributed by atoms with Crippen molar-refractivity contribution in [1.29, 1.82) is 0 Å². The summed E-state index contributed by atoms with van der Waals surface area (Å²) in [6.07, 6.45) is 7.82. The van der Waals surface area contributed by atoms with Gasteiger partial charge in [-0.25, -0.2) is 4.79 Å². The van der Waals surface area contributed by atoms with E-state index in [1.165, 1.54) is 52.7 Å². The Balaban J connectivity index is 1.31. The van der Waals surface area contributed by atoms with E-state index in [2.05, 4.69) is 12.2 Å². The van der Waals surface area contributed by atoms with E-state index in [1.54, 1.807) is 18.2 Å². The Bertz CT molecular complexity index is 754. The van der Waals surface area contributed by atoms with Crippen molar-refractivity contribution in [2.75, 3.05) is 20.8 Å². The number of benzene rings is 1. The van der Waals surface area contributed by atoms with Gasteiger partial charge in [0.15, 0.2) is 18.1 Å². The minimum atomic E-state index is -0.552. The van der Waals surface area contributed by atoms with Crippen LogP contribution in [0.5, 0.6) is 11.5 Å². The highest BCUT2D eigenvalue weighted by molar-refractivity contribution is 5.92. The number of ether oxygens (including phenoxy) is 3. The molecule has 1 aromatic rings. The predicted molar refractivity (Wildman–Crippen MR) is 108 cm³/mol. The van der Waals surface area contributed by atoms with Crippen LogP contribution in [0.4, 0.5) is 0 Å². The fourth-order valence-electron chi connectivity index (χ4n) is 6.32. The van der Waals surface area contributed by atoms with Crippen LogP contribution in [0, 0.1) is 23.2 Å². The lowest BCUT2D eigenvalue weighted by molar-refractivity contribution is -0.128. The third-order valence-corrected chi connectivity index (χ3v) is 7.34. The maximum absolute atomic E-state index is 12.5. The number of esters is 1. The molecule has 0 saturated heterocycles. The zero-order valence-corrected chi connectivity index (χ0v) is 17.5. The van der Waals surface area contributed by atoms with Crippen LogP contribution < -0.4 is 14.8 Å². The molecule has 1 aromatic carbocycles. The van der Waals surface area contributed by atoms with Gasteiger partial charge in [-0.2, -0.15) is 0 Å². The molecule has 0 unspecified atom stereocenters. The highest BCUT2D eigenvalue weighted by atomic mass is 16.5. The highest BCUT2D eigenvalue weighted by Gasteiger charge is 2.53. The summed E-state index contributed by atoms with van der Waals surface area (Å²) < 4.78 is 15.6. The van der Waals surface area contributed by atoms with Gasteiger partial charge in [-0.3, -0.25) is 4.79 Å². The third kappa shape index (κ3) is 3.94. The standard InChI is InChI=1S/C23H31NO5/c1-14(23-10-15-6-16(11-23)8-17(7-15)12-23)24-21(25)13-29-22(26)18-4-5-19(27-2)20(9-18)28-3/h4-5,9,14-17H,6-8,10-13H2,1-3H3,(H,24,25)/t14-,15?,16?,17?,23?/m1/s1. The second kappa shape index (κ2) is 7.88. The molecule has 0 aliphatic heterocycles. The van der Waals surface area contributed by atoms with Crippen molar-refractivity contribution in [2.45, 2.75) is 51.5 Å². The molecule has 0 heterocycles. The fraction of sp³-hybridized carbons (Fsp3) is 0.652. The molecule has 0 spiro atoms. The number of hydrogen-bond donors (Lipinski definition) is 1. The Morgan fingerprint density at radius 3 is 2.17 bits per heavy atom. The monoisotopic (exact) mass is 401 g/mol. The molecular weight excluding hydrogens is 370 g/mol. The van der Waals surface area contributed by atoms with Gasteiger partial charge >= 0.3 is 5.97 Å². The molecule has 1 amide bonds. The number of rotatable bonds is 7. The van der Waals surface area contributed by atoms with E-state index >= 15 is 0 Å². The van der Waals surface area contributed by atoms with Crippen LogP contribution in [0.25, 0.3) is 0 Å². The molecule has 6 nitrogen and oxygen atoms in total. The summed E-state index contributed by atoms with van der Waals surface area (Å²) in [6.45, 7) is 1.85. The van der Waals surface area contributed by atoms with Crippen molar-refractivity contribution in [3.8, 4) is 11.5 Å². The lowest BCUT2D eigenvalue weighted by Gasteiger charge is -2.59. The third-order valence-electron chi connectivity index (χ3n) is 7.34. The lowest BCUT2D eigenvalue weighted by atomic mass is 9.48. The van der Waals surface area contributed by atoms with Crippen LogP contribution in [-0.2, 0) is 9.53 Å². The zero-order valence-electron chi connectivity index (χ0n) is 17.5. The summed E-state index contributed by atoms with van der Waals surface area (Å²) in [7, 11) is 3.04. The fourth-order valence-corrected chi connectivity index (χ4v) is 6.32. The molecule has 0 aromatic heterocycles. The zero-order chi connectivity index (χ0) is 20.6. The second-order valence-electron chi connectivity index (χ2n) is 9.22. The van der Waals surface area contributed by atoms with Gasteiger partial charge in [-0.15, -0.1) is 0 Å². The normalized spacial score (nSPS) is 30.5. The van der Waals surface area contributed by atoms with E-state index < -0.39 is 5.97 Å². The number of carbonyl (C=O) groups excluding carboxylic acids is 2. The first-order chi connectivity index (χ1) is 13.9. The van der Waals surface area contributed by atoms with Crippen molar-refractivity contribution in [3.05, 3.63) is 23.8 Å². The van der Waals surface area contributed by atoms with Crippen LogP contribution in [0.2, 0.25) is 0 Å². The van der Waals surface area contributed by atoms with E-state index in [0.29, 0.717) is 17.1 Å². The van der Waals surface area contributed by atoms with Gasteiger partial charge in [0.05, 0.1) is 19.8 Å². The van der Waals surface area contributed by atoms with Gasteiger partial charge in [0, 0.05) is 6.04 Å². The van der Waals surface area contributed by atoms with Crippen LogP contribution >= 0.6 is 0 Å². The molecule has 4 bridgehead atoms. The molecule has 0 radical (unpaired) electrons. The number of carbonyl (C=O) groups is 2. The highest BCUT2D eigenvalue weighted by Crippen LogP contribution is 2.61. The molecule has 4 aliphatic carbocycles. The molecule has 158 valence electrons. The Morgan fingerprint density at radius 2 is 1.62 bits per heavy atom. The smallest absolute Gasteiger partial charge is 0.338 e. The van der Waals surface area contributed by atoms with Gasteiger partial charge < -0.3 is 19.5 Å². The average molecular weight is 402 g/mol. The summed E-state index contributed by atoms with van der Waals surface area (Å²) in [5.74, 6) is 2.70. The van der Waals surface area contributed by atoms with Crippen molar-refractivity contribution in [3.63, 3.8) is 0 Å². The summed E-state index contributed by atoms with van der Waals surface area (Å²) in [5, 5.41) is 3.12. The van der Waals surface area contributed by atoms with E-state index in [0.717, 1.165) is 17.8 Å². The molecule has 1 N–H and O–H groups in total. The minimum absolute atomic E-state index is 0.114. The van der Waals surface area contributed by atoms with Gasteiger partial charge in [0.2, 0.25) is 0 Å². The Kier molecular flexibility index (Phi) is 5.45. The summed E-state index contributed by atoms with van der Waals surface area (Å²) >= 11 is 0. The molecule has 1 atom stereocenters.